The van der Waals surface area contributed by atoms with E-state index in [9.17, 15) is 8.42 Å². The van der Waals surface area contributed by atoms with Gasteiger partial charge in [0, 0.05) is 31.0 Å². The van der Waals surface area contributed by atoms with Crippen LogP contribution in [0, 0.1) is 0 Å². The maximum Gasteiger partial charge on any atom is 0.215 e. The van der Waals surface area contributed by atoms with Crippen molar-refractivity contribution in [1.29, 1.82) is 0 Å². The average Bonchev–Trinajstić information content (AvgIpc) is 2.87. The fraction of sp³-hybridized carbons (Fsp3) is 0.308. The molecule has 0 bridgehead atoms. The lowest BCUT2D eigenvalue weighted by molar-refractivity contribution is 0.577. The highest BCUT2D eigenvalue weighted by Crippen LogP contribution is 2.09. The number of nitrogens with two attached hydrogens (primary N) is 1. The number of benzene rings is 1. The monoisotopic (exact) mass is 294 g/mol. The molecule has 0 radical (unpaired) electrons. The van der Waals surface area contributed by atoms with E-state index in [0.29, 0.717) is 30.6 Å². The first-order valence-corrected chi connectivity index (χ1v) is 8.00. The molecule has 0 aliphatic rings. The molecule has 7 heteroatoms. The van der Waals surface area contributed by atoms with Gasteiger partial charge in [0.1, 0.15) is 5.82 Å². The summed E-state index contributed by atoms with van der Waals surface area (Å²) in [6.45, 7) is 0.394. The molecule has 2 rings (SSSR count). The fourth-order valence-electron chi connectivity index (χ4n) is 1.87. The molecule has 0 amide bonds. The van der Waals surface area contributed by atoms with E-state index in [1.165, 1.54) is 0 Å². The van der Waals surface area contributed by atoms with Crippen LogP contribution in [0.4, 0.5) is 5.69 Å². The summed E-state index contributed by atoms with van der Waals surface area (Å²) < 4.78 is 26.4. The number of hydrogen-bond donors (Lipinski definition) is 3. The smallest absolute Gasteiger partial charge is 0.215 e. The largest absolute Gasteiger partial charge is 0.399 e. The second-order valence-corrected chi connectivity index (χ2v) is 6.34. The van der Waals surface area contributed by atoms with Crippen molar-refractivity contribution in [1.82, 2.24) is 14.7 Å². The summed E-state index contributed by atoms with van der Waals surface area (Å²) in [6.07, 6.45) is 4.84. The Labute approximate surface area is 118 Å². The zero-order valence-corrected chi connectivity index (χ0v) is 11.9. The molecular weight excluding hydrogens is 276 g/mol. The molecule has 1 heterocycles. The van der Waals surface area contributed by atoms with E-state index in [1.54, 1.807) is 36.7 Å². The van der Waals surface area contributed by atoms with Gasteiger partial charge >= 0.3 is 0 Å². The van der Waals surface area contributed by atoms with Crippen molar-refractivity contribution in [2.45, 2.75) is 18.6 Å². The standard InChI is InChI=1S/C13H18N4O2S/c14-12-4-1-3-11(9-12)10-20(18,19)17-6-2-5-13-15-7-8-16-13/h1,3-4,7-9,17H,2,5-6,10,14H2,(H,15,16). The molecule has 0 unspecified atom stereocenters. The highest BCUT2D eigenvalue weighted by atomic mass is 32.2. The number of aromatic nitrogens is 2. The van der Waals surface area contributed by atoms with Crippen molar-refractivity contribution in [3.8, 4) is 0 Å². The molecule has 0 spiro atoms. The molecule has 6 nitrogen and oxygen atoms in total. The molecule has 1 aromatic carbocycles. The third-order valence-corrected chi connectivity index (χ3v) is 4.13. The van der Waals surface area contributed by atoms with Crippen LogP contribution in [-0.4, -0.2) is 24.9 Å². The summed E-state index contributed by atoms with van der Waals surface area (Å²) in [7, 11) is -3.33. The molecule has 0 fully saturated rings. The van der Waals surface area contributed by atoms with Crippen molar-refractivity contribution >= 4 is 15.7 Å². The van der Waals surface area contributed by atoms with E-state index in [1.807, 2.05) is 0 Å². The van der Waals surface area contributed by atoms with Crippen LogP contribution in [-0.2, 0) is 22.2 Å². The summed E-state index contributed by atoms with van der Waals surface area (Å²) in [5.74, 6) is 0.804. The van der Waals surface area contributed by atoms with E-state index in [0.717, 1.165) is 5.82 Å². The summed E-state index contributed by atoms with van der Waals surface area (Å²) >= 11 is 0. The number of nitrogens with one attached hydrogen (secondary N) is 2. The molecule has 0 atom stereocenters. The van der Waals surface area contributed by atoms with E-state index in [2.05, 4.69) is 14.7 Å². The zero-order chi connectivity index (χ0) is 14.4. The van der Waals surface area contributed by atoms with Gasteiger partial charge in [-0.05, 0) is 24.1 Å². The minimum absolute atomic E-state index is 0.0568. The highest BCUT2D eigenvalue weighted by Gasteiger charge is 2.11. The Morgan fingerprint density at radius 1 is 1.35 bits per heavy atom. The first kappa shape index (κ1) is 14.5. The van der Waals surface area contributed by atoms with Gasteiger partial charge < -0.3 is 10.7 Å². The molecule has 1 aromatic heterocycles. The van der Waals surface area contributed by atoms with Crippen LogP contribution in [0.3, 0.4) is 0 Å². The lowest BCUT2D eigenvalue weighted by Crippen LogP contribution is -2.26. The van der Waals surface area contributed by atoms with Crippen molar-refractivity contribution in [2.24, 2.45) is 0 Å². The normalized spacial score (nSPS) is 11.6. The summed E-state index contributed by atoms with van der Waals surface area (Å²) in [4.78, 5) is 7.06. The van der Waals surface area contributed by atoms with Crippen LogP contribution in [0.1, 0.15) is 17.8 Å². The van der Waals surface area contributed by atoms with E-state index < -0.39 is 10.0 Å². The Hall–Kier alpha value is -1.86. The van der Waals surface area contributed by atoms with Crippen LogP contribution < -0.4 is 10.5 Å². The lowest BCUT2D eigenvalue weighted by atomic mass is 10.2. The zero-order valence-electron chi connectivity index (χ0n) is 11.0. The first-order valence-electron chi connectivity index (χ1n) is 6.35. The Balaban J connectivity index is 1.79. The van der Waals surface area contributed by atoms with Gasteiger partial charge in [0.2, 0.25) is 10.0 Å². The molecular formula is C13H18N4O2S. The van der Waals surface area contributed by atoms with Crippen molar-refractivity contribution in [2.75, 3.05) is 12.3 Å². The number of anilines is 1. The number of H-pyrrole nitrogens is 1. The summed E-state index contributed by atoms with van der Waals surface area (Å²) in [5.41, 5.74) is 6.88. The second kappa shape index (κ2) is 6.53. The topological polar surface area (TPSA) is 101 Å². The SMILES string of the molecule is Nc1cccc(CS(=O)(=O)NCCCc2ncc[nH]2)c1. The lowest BCUT2D eigenvalue weighted by Gasteiger charge is -2.07. The molecule has 0 saturated carbocycles. The fourth-order valence-corrected chi connectivity index (χ4v) is 3.05. The quantitative estimate of drug-likeness (QED) is 0.524. The number of sulfonamides is 1. The van der Waals surface area contributed by atoms with Gasteiger partial charge in [-0.15, -0.1) is 0 Å². The number of aryl methyl sites for hydroxylation is 1. The number of nitrogen functional groups attached to an aromatic ring is 1. The molecule has 0 saturated heterocycles. The Bertz CT molecular complexity index is 638. The molecule has 0 aliphatic heterocycles. The van der Waals surface area contributed by atoms with Crippen molar-refractivity contribution in [3.63, 3.8) is 0 Å². The first-order chi connectivity index (χ1) is 9.55. The van der Waals surface area contributed by atoms with E-state index in [-0.39, 0.29) is 5.75 Å². The summed E-state index contributed by atoms with van der Waals surface area (Å²) in [5, 5.41) is 0. The third-order valence-electron chi connectivity index (χ3n) is 2.77. The minimum Gasteiger partial charge on any atom is -0.399 e. The van der Waals surface area contributed by atoms with Gasteiger partial charge in [0.05, 0.1) is 5.75 Å². The molecule has 0 aliphatic carbocycles. The number of hydrogen-bond acceptors (Lipinski definition) is 4. The maximum atomic E-state index is 11.9. The molecule has 20 heavy (non-hydrogen) atoms. The van der Waals surface area contributed by atoms with Gasteiger partial charge in [-0.2, -0.15) is 0 Å². The number of aromatic amines is 1. The van der Waals surface area contributed by atoms with E-state index in [4.69, 9.17) is 5.73 Å². The van der Waals surface area contributed by atoms with Gasteiger partial charge in [-0.1, -0.05) is 12.1 Å². The molecule has 4 N–H and O–H groups in total. The minimum atomic E-state index is -3.33. The predicted molar refractivity (Wildman–Crippen MR) is 78.4 cm³/mol. The maximum absolute atomic E-state index is 11.9. The van der Waals surface area contributed by atoms with Gasteiger partial charge in [-0.3, -0.25) is 0 Å². The molecule has 108 valence electrons. The van der Waals surface area contributed by atoms with E-state index >= 15 is 0 Å². The Kier molecular flexibility index (Phi) is 4.75. The number of nitrogens with zero attached hydrogens (tertiary/aromatic N) is 1. The van der Waals surface area contributed by atoms with Gasteiger partial charge in [0.25, 0.3) is 0 Å². The Morgan fingerprint density at radius 2 is 2.20 bits per heavy atom. The summed E-state index contributed by atoms with van der Waals surface area (Å²) in [6, 6.07) is 6.89. The highest BCUT2D eigenvalue weighted by molar-refractivity contribution is 7.88. The number of rotatable bonds is 7. The van der Waals surface area contributed by atoms with Crippen molar-refractivity contribution in [3.05, 3.63) is 48.0 Å². The van der Waals surface area contributed by atoms with Gasteiger partial charge in [0.15, 0.2) is 0 Å². The van der Waals surface area contributed by atoms with Crippen LogP contribution in [0.15, 0.2) is 36.7 Å². The Morgan fingerprint density at radius 3 is 2.90 bits per heavy atom. The van der Waals surface area contributed by atoms with Crippen LogP contribution in [0.5, 0.6) is 0 Å². The molecule has 2 aromatic rings. The average molecular weight is 294 g/mol. The second-order valence-electron chi connectivity index (χ2n) is 4.54. The third kappa shape index (κ3) is 4.67. The van der Waals surface area contributed by atoms with Gasteiger partial charge in [-0.25, -0.2) is 18.1 Å². The van der Waals surface area contributed by atoms with Crippen LogP contribution >= 0.6 is 0 Å². The van der Waals surface area contributed by atoms with Crippen molar-refractivity contribution < 1.29 is 8.42 Å². The number of imidazole rings is 1. The predicted octanol–water partition coefficient (Wildman–Crippen LogP) is 1.04. The van der Waals surface area contributed by atoms with Crippen LogP contribution in [0.25, 0.3) is 0 Å². The van der Waals surface area contributed by atoms with Crippen LogP contribution in [0.2, 0.25) is 0 Å².